The molecule has 1 aromatic carbocycles. The second kappa shape index (κ2) is 3.97. The highest BCUT2D eigenvalue weighted by molar-refractivity contribution is 5.62. The van der Waals surface area contributed by atoms with E-state index in [4.69, 9.17) is 0 Å². The Morgan fingerprint density at radius 1 is 1.19 bits per heavy atom. The molecule has 1 unspecified atom stereocenters. The van der Waals surface area contributed by atoms with E-state index in [0.717, 1.165) is 13.1 Å². The van der Waals surface area contributed by atoms with Crippen molar-refractivity contribution in [1.82, 2.24) is 0 Å². The maximum absolute atomic E-state index is 4.15. The normalized spacial score (nSPS) is 20.6. The van der Waals surface area contributed by atoms with Crippen molar-refractivity contribution in [1.29, 1.82) is 0 Å². The molecule has 16 heavy (non-hydrogen) atoms. The van der Waals surface area contributed by atoms with E-state index >= 15 is 0 Å². The fraction of sp³-hybridized carbons (Fsp3) is 0.467. The lowest BCUT2D eigenvalue weighted by Gasteiger charge is -2.23. The molecular weight excluding hydrogens is 194 g/mol. The van der Waals surface area contributed by atoms with Crippen LogP contribution < -0.4 is 4.90 Å². The van der Waals surface area contributed by atoms with Crippen molar-refractivity contribution < 1.29 is 0 Å². The number of nitrogens with zero attached hydrogens (tertiary/aromatic N) is 1. The maximum Gasteiger partial charge on any atom is 0.0428 e. The van der Waals surface area contributed by atoms with Gasteiger partial charge in [-0.3, -0.25) is 0 Å². The molecule has 1 nitrogen and oxygen atoms in total. The number of hydrogen-bond donors (Lipinski definition) is 0. The zero-order valence-corrected chi connectivity index (χ0v) is 10.8. The average molecular weight is 215 g/mol. The molecule has 0 spiro atoms. The SMILES string of the molecule is C=C1CN(c2c(C)cc(C)cc2C)CC1C. The fourth-order valence-corrected chi connectivity index (χ4v) is 2.77. The minimum absolute atomic E-state index is 0.625. The van der Waals surface area contributed by atoms with Gasteiger partial charge in [-0.1, -0.05) is 36.8 Å². The van der Waals surface area contributed by atoms with E-state index < -0.39 is 0 Å². The molecule has 1 atom stereocenters. The van der Waals surface area contributed by atoms with E-state index in [2.05, 4.69) is 51.3 Å². The van der Waals surface area contributed by atoms with Crippen LogP contribution in [-0.2, 0) is 0 Å². The van der Waals surface area contributed by atoms with E-state index in [0.29, 0.717) is 5.92 Å². The van der Waals surface area contributed by atoms with Gasteiger partial charge in [-0.2, -0.15) is 0 Å². The van der Waals surface area contributed by atoms with E-state index in [1.807, 2.05) is 0 Å². The fourth-order valence-electron chi connectivity index (χ4n) is 2.77. The summed E-state index contributed by atoms with van der Waals surface area (Å²) in [6.45, 7) is 15.1. The van der Waals surface area contributed by atoms with E-state index in [9.17, 15) is 0 Å². The van der Waals surface area contributed by atoms with Crippen LogP contribution >= 0.6 is 0 Å². The van der Waals surface area contributed by atoms with E-state index in [1.165, 1.54) is 28.0 Å². The van der Waals surface area contributed by atoms with Gasteiger partial charge in [0, 0.05) is 18.8 Å². The molecule has 0 aromatic heterocycles. The summed E-state index contributed by atoms with van der Waals surface area (Å²) < 4.78 is 0. The van der Waals surface area contributed by atoms with Gasteiger partial charge in [0.1, 0.15) is 0 Å². The zero-order chi connectivity index (χ0) is 11.9. The van der Waals surface area contributed by atoms with Crippen molar-refractivity contribution in [3.63, 3.8) is 0 Å². The molecule has 1 heteroatoms. The van der Waals surface area contributed by atoms with Gasteiger partial charge in [-0.15, -0.1) is 0 Å². The Labute approximate surface area is 98.8 Å². The van der Waals surface area contributed by atoms with Crippen molar-refractivity contribution in [2.75, 3.05) is 18.0 Å². The van der Waals surface area contributed by atoms with Crippen molar-refractivity contribution >= 4 is 5.69 Å². The predicted octanol–water partition coefficient (Wildman–Crippen LogP) is 3.62. The number of benzene rings is 1. The van der Waals surface area contributed by atoms with E-state index in [1.54, 1.807) is 0 Å². The Kier molecular flexibility index (Phi) is 2.79. The molecule has 0 N–H and O–H groups in total. The minimum atomic E-state index is 0.625. The number of aryl methyl sites for hydroxylation is 3. The van der Waals surface area contributed by atoms with Gasteiger partial charge in [0.05, 0.1) is 0 Å². The lowest BCUT2D eigenvalue weighted by molar-refractivity contribution is 0.757. The number of anilines is 1. The predicted molar refractivity (Wildman–Crippen MR) is 71.2 cm³/mol. The summed E-state index contributed by atoms with van der Waals surface area (Å²) in [5.74, 6) is 0.625. The third-order valence-electron chi connectivity index (χ3n) is 3.54. The second-order valence-electron chi connectivity index (χ2n) is 5.19. The molecule has 0 amide bonds. The van der Waals surface area contributed by atoms with Gasteiger partial charge in [0.15, 0.2) is 0 Å². The molecule has 0 aliphatic carbocycles. The molecule has 2 rings (SSSR count). The summed E-state index contributed by atoms with van der Waals surface area (Å²) in [6, 6.07) is 4.54. The summed E-state index contributed by atoms with van der Waals surface area (Å²) in [5.41, 5.74) is 6.90. The van der Waals surface area contributed by atoms with Crippen LogP contribution in [0.25, 0.3) is 0 Å². The monoisotopic (exact) mass is 215 g/mol. The third-order valence-corrected chi connectivity index (χ3v) is 3.54. The van der Waals surface area contributed by atoms with Gasteiger partial charge < -0.3 is 4.90 Å². The molecule has 1 aromatic rings. The first-order valence-electron chi connectivity index (χ1n) is 5.99. The van der Waals surface area contributed by atoms with Gasteiger partial charge in [0.2, 0.25) is 0 Å². The van der Waals surface area contributed by atoms with Gasteiger partial charge >= 0.3 is 0 Å². The van der Waals surface area contributed by atoms with Crippen molar-refractivity contribution in [3.8, 4) is 0 Å². The lowest BCUT2D eigenvalue weighted by Crippen LogP contribution is -2.21. The highest BCUT2D eigenvalue weighted by atomic mass is 15.2. The van der Waals surface area contributed by atoms with Crippen LogP contribution in [0.2, 0.25) is 0 Å². The first-order chi connectivity index (χ1) is 7.49. The highest BCUT2D eigenvalue weighted by Crippen LogP contribution is 2.32. The van der Waals surface area contributed by atoms with Crippen LogP contribution in [-0.4, -0.2) is 13.1 Å². The molecule has 1 heterocycles. The van der Waals surface area contributed by atoms with Crippen molar-refractivity contribution in [2.45, 2.75) is 27.7 Å². The van der Waals surface area contributed by atoms with Crippen molar-refractivity contribution in [3.05, 3.63) is 41.0 Å². The van der Waals surface area contributed by atoms with Crippen LogP contribution in [0.4, 0.5) is 5.69 Å². The first-order valence-corrected chi connectivity index (χ1v) is 5.99. The van der Waals surface area contributed by atoms with Crippen LogP contribution in [0.5, 0.6) is 0 Å². The molecular formula is C15H21N. The molecule has 1 fully saturated rings. The van der Waals surface area contributed by atoms with Gasteiger partial charge in [-0.05, 0) is 37.8 Å². The standard InChI is InChI=1S/C15H21N/c1-10-6-11(2)15(12(3)7-10)16-8-13(4)14(5)9-16/h6-7,14H,4,8-9H2,1-3,5H3. The Balaban J connectivity index is 2.38. The smallest absolute Gasteiger partial charge is 0.0428 e. The molecule has 0 radical (unpaired) electrons. The lowest BCUT2D eigenvalue weighted by atomic mass is 10.0. The summed E-state index contributed by atoms with van der Waals surface area (Å²) >= 11 is 0. The zero-order valence-electron chi connectivity index (χ0n) is 10.8. The Hall–Kier alpha value is -1.24. The summed E-state index contributed by atoms with van der Waals surface area (Å²) in [5, 5.41) is 0. The van der Waals surface area contributed by atoms with Gasteiger partial charge in [0.25, 0.3) is 0 Å². The minimum Gasteiger partial charge on any atom is -0.367 e. The van der Waals surface area contributed by atoms with Gasteiger partial charge in [-0.25, -0.2) is 0 Å². The topological polar surface area (TPSA) is 3.24 Å². The highest BCUT2D eigenvalue weighted by Gasteiger charge is 2.24. The second-order valence-corrected chi connectivity index (χ2v) is 5.19. The molecule has 0 saturated carbocycles. The summed E-state index contributed by atoms with van der Waals surface area (Å²) in [6.07, 6.45) is 0. The van der Waals surface area contributed by atoms with Crippen molar-refractivity contribution in [2.24, 2.45) is 5.92 Å². The molecule has 1 aliphatic heterocycles. The van der Waals surface area contributed by atoms with Crippen LogP contribution in [0.1, 0.15) is 23.6 Å². The van der Waals surface area contributed by atoms with Crippen LogP contribution in [0, 0.1) is 26.7 Å². The Morgan fingerprint density at radius 2 is 1.75 bits per heavy atom. The van der Waals surface area contributed by atoms with E-state index in [-0.39, 0.29) is 0 Å². The largest absolute Gasteiger partial charge is 0.367 e. The maximum atomic E-state index is 4.15. The Morgan fingerprint density at radius 3 is 2.19 bits per heavy atom. The summed E-state index contributed by atoms with van der Waals surface area (Å²) in [7, 11) is 0. The third kappa shape index (κ3) is 1.87. The average Bonchev–Trinajstić information content (AvgIpc) is 2.44. The number of hydrogen-bond acceptors (Lipinski definition) is 1. The molecule has 86 valence electrons. The molecule has 0 bridgehead atoms. The molecule has 1 saturated heterocycles. The Bertz CT molecular complexity index is 408. The first kappa shape index (κ1) is 11.3. The summed E-state index contributed by atoms with van der Waals surface area (Å²) in [4.78, 5) is 2.47. The molecule has 1 aliphatic rings. The van der Waals surface area contributed by atoms with Crippen LogP contribution in [0.15, 0.2) is 24.3 Å². The van der Waals surface area contributed by atoms with Crippen LogP contribution in [0.3, 0.4) is 0 Å². The number of rotatable bonds is 1. The quantitative estimate of drug-likeness (QED) is 0.647.